The summed E-state index contributed by atoms with van der Waals surface area (Å²) in [6.07, 6.45) is -7.41. The van der Waals surface area contributed by atoms with Gasteiger partial charge < -0.3 is 15.3 Å². The van der Waals surface area contributed by atoms with Crippen LogP contribution < -0.4 is 5.32 Å². The lowest BCUT2D eigenvalue weighted by atomic mass is 10.3. The average Bonchev–Trinajstić information content (AvgIpc) is 2.33. The first-order valence-electron chi connectivity index (χ1n) is 5.34. The third-order valence-corrected chi connectivity index (χ3v) is 3.18. The number of halogens is 5. The van der Waals surface area contributed by atoms with Crippen LogP contribution in [0.25, 0.3) is 0 Å². The van der Waals surface area contributed by atoms with Gasteiger partial charge in [0.1, 0.15) is 0 Å². The van der Waals surface area contributed by atoms with Crippen molar-refractivity contribution in [3.05, 3.63) is 28.2 Å². The molecule has 112 valence electrons. The van der Waals surface area contributed by atoms with E-state index in [0.717, 1.165) is 7.05 Å². The first-order valence-corrected chi connectivity index (χ1v) is 6.09. The number of alkyl halides is 3. The summed E-state index contributed by atoms with van der Waals surface area (Å²) in [6, 6.07) is 3.61. The number of amides is 2. The molecule has 4 nitrogen and oxygen atoms in total. The van der Waals surface area contributed by atoms with Gasteiger partial charge in [-0.25, -0.2) is 4.79 Å². The summed E-state index contributed by atoms with van der Waals surface area (Å²) in [5.74, 6) is 0. The minimum atomic E-state index is -4.79. The van der Waals surface area contributed by atoms with Crippen molar-refractivity contribution in [2.45, 2.75) is 12.3 Å². The van der Waals surface area contributed by atoms with Gasteiger partial charge in [0.2, 0.25) is 0 Å². The molecule has 0 saturated heterocycles. The number of nitrogens with one attached hydrogen (secondary N) is 1. The molecule has 0 spiro atoms. The van der Waals surface area contributed by atoms with Crippen molar-refractivity contribution in [3.8, 4) is 0 Å². The number of anilines is 1. The molecule has 2 N–H and O–H groups in total. The quantitative estimate of drug-likeness (QED) is 0.892. The molecule has 1 unspecified atom stereocenters. The maximum absolute atomic E-state index is 12.2. The fourth-order valence-electron chi connectivity index (χ4n) is 1.26. The Morgan fingerprint density at radius 1 is 1.45 bits per heavy atom. The van der Waals surface area contributed by atoms with E-state index in [1.165, 1.54) is 18.2 Å². The van der Waals surface area contributed by atoms with E-state index in [1.54, 1.807) is 0 Å². The van der Waals surface area contributed by atoms with Gasteiger partial charge >= 0.3 is 12.2 Å². The molecule has 1 atom stereocenters. The van der Waals surface area contributed by atoms with Crippen LogP contribution in [0, 0.1) is 0 Å². The third-order valence-electron chi connectivity index (χ3n) is 2.36. The summed E-state index contributed by atoms with van der Waals surface area (Å²) < 4.78 is 36.5. The Hall–Kier alpha value is -1.18. The molecule has 0 heterocycles. The van der Waals surface area contributed by atoms with Gasteiger partial charge in [-0.3, -0.25) is 0 Å². The zero-order chi connectivity index (χ0) is 15.5. The summed E-state index contributed by atoms with van der Waals surface area (Å²) >= 11 is 11.6. The minimum absolute atomic E-state index is 0.0762. The highest BCUT2D eigenvalue weighted by atomic mass is 35.5. The maximum atomic E-state index is 12.2. The van der Waals surface area contributed by atoms with E-state index in [2.05, 4.69) is 5.32 Å². The number of benzene rings is 1. The van der Waals surface area contributed by atoms with Crippen LogP contribution >= 0.6 is 23.2 Å². The number of hydrogen-bond acceptors (Lipinski definition) is 2. The molecule has 9 heteroatoms. The van der Waals surface area contributed by atoms with Crippen LogP contribution in [0.1, 0.15) is 0 Å². The molecular weight excluding hydrogens is 320 g/mol. The lowest BCUT2D eigenvalue weighted by Crippen LogP contribution is -2.43. The average molecular weight is 331 g/mol. The topological polar surface area (TPSA) is 52.6 Å². The number of hydrogen-bond donors (Lipinski definition) is 2. The predicted octanol–water partition coefficient (Wildman–Crippen LogP) is 3.38. The normalized spacial score (nSPS) is 12.9. The summed E-state index contributed by atoms with van der Waals surface area (Å²) in [6.45, 7) is -0.895. The second-order valence-electron chi connectivity index (χ2n) is 3.97. The second kappa shape index (κ2) is 6.51. The van der Waals surface area contributed by atoms with Crippen LogP contribution in [0.4, 0.5) is 23.7 Å². The molecule has 0 aliphatic carbocycles. The van der Waals surface area contributed by atoms with Crippen molar-refractivity contribution in [3.63, 3.8) is 0 Å². The first-order chi connectivity index (χ1) is 9.12. The van der Waals surface area contributed by atoms with Gasteiger partial charge in [-0.2, -0.15) is 13.2 Å². The zero-order valence-corrected chi connectivity index (χ0v) is 11.7. The van der Waals surface area contributed by atoms with Crippen LogP contribution in [0.2, 0.25) is 10.0 Å². The van der Waals surface area contributed by atoms with E-state index in [4.69, 9.17) is 28.3 Å². The fourth-order valence-corrected chi connectivity index (χ4v) is 1.60. The lowest BCUT2D eigenvalue weighted by molar-refractivity contribution is -0.205. The molecule has 0 radical (unpaired) electrons. The number of nitrogens with zero attached hydrogens (tertiary/aromatic N) is 1. The van der Waals surface area contributed by atoms with Crippen LogP contribution in [-0.4, -0.2) is 41.9 Å². The minimum Gasteiger partial charge on any atom is -0.382 e. The molecule has 0 bridgehead atoms. The Kier molecular flexibility index (Phi) is 5.50. The molecule has 2 amide bonds. The van der Waals surface area contributed by atoms with E-state index in [-0.39, 0.29) is 15.7 Å². The maximum Gasteiger partial charge on any atom is 0.416 e. The highest BCUT2D eigenvalue weighted by Crippen LogP contribution is 2.29. The van der Waals surface area contributed by atoms with Crippen molar-refractivity contribution in [2.75, 3.05) is 18.9 Å². The predicted molar refractivity (Wildman–Crippen MR) is 70.2 cm³/mol. The SMILES string of the molecule is CN(CC(O)C(F)(F)F)C(=O)Nc1cccc(Cl)c1Cl. The molecule has 20 heavy (non-hydrogen) atoms. The highest BCUT2D eigenvalue weighted by Gasteiger charge is 2.39. The van der Waals surface area contributed by atoms with Crippen LogP contribution in [0.5, 0.6) is 0 Å². The Labute approximate surface area is 123 Å². The van der Waals surface area contributed by atoms with Crippen molar-refractivity contribution in [2.24, 2.45) is 0 Å². The van der Waals surface area contributed by atoms with Crippen molar-refractivity contribution >= 4 is 34.9 Å². The van der Waals surface area contributed by atoms with E-state index in [0.29, 0.717) is 4.90 Å². The molecule has 0 aliphatic rings. The smallest absolute Gasteiger partial charge is 0.382 e. The number of likely N-dealkylation sites (N-methyl/N-ethyl adjacent to an activating group) is 1. The molecule has 1 aromatic rings. The van der Waals surface area contributed by atoms with Gasteiger partial charge in [0.15, 0.2) is 6.10 Å². The number of aliphatic hydroxyl groups is 1. The Bertz CT molecular complexity index is 497. The summed E-state index contributed by atoms with van der Waals surface area (Å²) in [7, 11) is 1.11. The lowest BCUT2D eigenvalue weighted by Gasteiger charge is -2.23. The van der Waals surface area contributed by atoms with E-state index in [9.17, 15) is 18.0 Å². The first kappa shape index (κ1) is 16.9. The van der Waals surface area contributed by atoms with Crippen LogP contribution in [0.3, 0.4) is 0 Å². The number of rotatable bonds is 3. The second-order valence-corrected chi connectivity index (χ2v) is 4.75. The molecular formula is C11H11Cl2F3N2O2. The van der Waals surface area contributed by atoms with Crippen LogP contribution in [-0.2, 0) is 0 Å². The van der Waals surface area contributed by atoms with Gasteiger partial charge in [0.05, 0.1) is 22.3 Å². The molecule has 0 aliphatic heterocycles. The summed E-state index contributed by atoms with van der Waals surface area (Å²) in [5.41, 5.74) is 0.164. The zero-order valence-electron chi connectivity index (χ0n) is 10.2. The standard InChI is InChI=1S/C11H11Cl2F3N2O2/c1-18(5-8(19)11(14,15)16)10(20)17-7-4-2-3-6(12)9(7)13/h2-4,8,19H,5H2,1H3,(H,17,20). The Morgan fingerprint density at radius 3 is 2.60 bits per heavy atom. The Morgan fingerprint density at radius 2 is 2.05 bits per heavy atom. The van der Waals surface area contributed by atoms with Crippen molar-refractivity contribution < 1.29 is 23.1 Å². The highest BCUT2D eigenvalue weighted by molar-refractivity contribution is 6.43. The molecule has 0 aromatic heterocycles. The number of aliphatic hydroxyl groups excluding tert-OH is 1. The van der Waals surface area contributed by atoms with E-state index >= 15 is 0 Å². The summed E-state index contributed by atoms with van der Waals surface area (Å²) in [5, 5.41) is 11.4. The molecule has 1 aromatic carbocycles. The Balaban J connectivity index is 2.69. The molecule has 0 fully saturated rings. The van der Waals surface area contributed by atoms with Crippen molar-refractivity contribution in [1.82, 2.24) is 4.90 Å². The van der Waals surface area contributed by atoms with Gasteiger partial charge in [0.25, 0.3) is 0 Å². The van der Waals surface area contributed by atoms with Crippen molar-refractivity contribution in [1.29, 1.82) is 0 Å². The molecule has 0 saturated carbocycles. The largest absolute Gasteiger partial charge is 0.416 e. The van der Waals surface area contributed by atoms with Gasteiger partial charge in [0, 0.05) is 7.05 Å². The number of carbonyl (C=O) groups excluding carboxylic acids is 1. The van der Waals surface area contributed by atoms with E-state index < -0.39 is 24.9 Å². The van der Waals surface area contributed by atoms with Gasteiger partial charge in [-0.1, -0.05) is 29.3 Å². The monoisotopic (exact) mass is 330 g/mol. The number of urea groups is 1. The third kappa shape index (κ3) is 4.43. The van der Waals surface area contributed by atoms with Crippen LogP contribution in [0.15, 0.2) is 18.2 Å². The molecule has 1 rings (SSSR count). The fraction of sp³-hybridized carbons (Fsp3) is 0.364. The summed E-state index contributed by atoms with van der Waals surface area (Å²) in [4.78, 5) is 12.4. The van der Waals surface area contributed by atoms with E-state index in [1.807, 2.05) is 0 Å². The number of carbonyl (C=O) groups is 1. The van der Waals surface area contributed by atoms with Gasteiger partial charge in [-0.15, -0.1) is 0 Å². The van der Waals surface area contributed by atoms with Gasteiger partial charge in [-0.05, 0) is 12.1 Å².